The number of carboxylic acid groups (broad SMARTS) is 1. The number of halogens is 3. The Morgan fingerprint density at radius 1 is 1.09 bits per heavy atom. The van der Waals surface area contributed by atoms with Crippen molar-refractivity contribution in [3.8, 4) is 0 Å². The van der Waals surface area contributed by atoms with Crippen LogP contribution in [0.3, 0.4) is 0 Å². The third-order valence-corrected chi connectivity index (χ3v) is 6.85. The number of rotatable bonds is 3. The number of hydrogen-bond acceptors (Lipinski definition) is 5. The van der Waals surface area contributed by atoms with Crippen LogP contribution in [0.2, 0.25) is 0 Å². The molecule has 10 heteroatoms. The van der Waals surface area contributed by atoms with Gasteiger partial charge in [-0.25, -0.2) is 4.79 Å². The number of carbonyl (C=O) groups excluding carboxylic acids is 1. The average Bonchev–Trinajstić information content (AvgIpc) is 3.31. The summed E-state index contributed by atoms with van der Waals surface area (Å²) >= 11 is 1.60. The van der Waals surface area contributed by atoms with Crippen molar-refractivity contribution < 1.29 is 27.9 Å². The first kappa shape index (κ1) is 24.2. The summed E-state index contributed by atoms with van der Waals surface area (Å²) in [7, 11) is 0. The summed E-state index contributed by atoms with van der Waals surface area (Å²) in [6.07, 6.45) is 3.55. The largest absolute Gasteiger partial charge is 0.490 e. The van der Waals surface area contributed by atoms with Gasteiger partial charge in [0.1, 0.15) is 0 Å². The van der Waals surface area contributed by atoms with Gasteiger partial charge in [0.05, 0.1) is 5.56 Å². The SMILES string of the molecule is O=C(O)C(F)(F)F.O=C(c1ccsc1)N1CCC2(CCN(Cc3cccnc3)CC2)CC1. The Morgan fingerprint density at radius 2 is 1.72 bits per heavy atom. The van der Waals surface area contributed by atoms with Crippen LogP contribution in [0.5, 0.6) is 0 Å². The van der Waals surface area contributed by atoms with E-state index in [2.05, 4.69) is 20.9 Å². The molecule has 6 nitrogen and oxygen atoms in total. The number of pyridine rings is 1. The van der Waals surface area contributed by atoms with E-state index in [-0.39, 0.29) is 5.91 Å². The molecular weight excluding hydrogens is 443 g/mol. The minimum absolute atomic E-state index is 0.213. The fourth-order valence-corrected chi connectivity index (χ4v) is 4.82. The van der Waals surface area contributed by atoms with Gasteiger partial charge in [-0.1, -0.05) is 6.07 Å². The van der Waals surface area contributed by atoms with Gasteiger partial charge in [0.2, 0.25) is 0 Å². The lowest BCUT2D eigenvalue weighted by molar-refractivity contribution is -0.192. The number of thiophene rings is 1. The van der Waals surface area contributed by atoms with E-state index in [1.807, 2.05) is 35.3 Å². The molecule has 1 spiro atoms. The van der Waals surface area contributed by atoms with Crippen molar-refractivity contribution in [1.29, 1.82) is 0 Å². The van der Waals surface area contributed by atoms with Crippen LogP contribution in [-0.2, 0) is 11.3 Å². The molecule has 0 aromatic carbocycles. The third-order valence-electron chi connectivity index (χ3n) is 6.17. The highest BCUT2D eigenvalue weighted by molar-refractivity contribution is 7.08. The predicted molar refractivity (Wildman–Crippen MR) is 114 cm³/mol. The Morgan fingerprint density at radius 3 is 2.22 bits per heavy atom. The zero-order chi connectivity index (χ0) is 23.2. The molecule has 32 heavy (non-hydrogen) atoms. The maximum Gasteiger partial charge on any atom is 0.490 e. The number of amides is 1. The molecule has 4 heterocycles. The average molecular weight is 470 g/mol. The van der Waals surface area contributed by atoms with Crippen LogP contribution in [0, 0.1) is 5.41 Å². The number of carbonyl (C=O) groups is 2. The van der Waals surface area contributed by atoms with Gasteiger partial charge in [0, 0.05) is 37.4 Å². The molecule has 4 rings (SSSR count). The number of piperidine rings is 2. The summed E-state index contributed by atoms with van der Waals surface area (Å²) in [4.78, 5) is 30.2. The summed E-state index contributed by atoms with van der Waals surface area (Å²) in [6, 6.07) is 6.11. The highest BCUT2D eigenvalue weighted by atomic mass is 32.1. The molecular formula is C22H26F3N3O3S. The summed E-state index contributed by atoms with van der Waals surface area (Å²) in [6.45, 7) is 5.15. The summed E-state index contributed by atoms with van der Waals surface area (Å²) in [5.74, 6) is -2.54. The maximum atomic E-state index is 12.5. The van der Waals surface area contributed by atoms with Gasteiger partial charge in [-0.3, -0.25) is 14.7 Å². The van der Waals surface area contributed by atoms with E-state index in [9.17, 15) is 18.0 Å². The van der Waals surface area contributed by atoms with Crippen LogP contribution in [0.25, 0.3) is 0 Å². The van der Waals surface area contributed by atoms with Gasteiger partial charge in [-0.2, -0.15) is 24.5 Å². The molecule has 174 valence electrons. The van der Waals surface area contributed by atoms with Gasteiger partial charge < -0.3 is 10.0 Å². The maximum absolute atomic E-state index is 12.5. The Kier molecular flexibility index (Phi) is 7.89. The zero-order valence-electron chi connectivity index (χ0n) is 17.6. The van der Waals surface area contributed by atoms with Gasteiger partial charge >= 0.3 is 12.1 Å². The smallest absolute Gasteiger partial charge is 0.475 e. The van der Waals surface area contributed by atoms with Crippen LogP contribution < -0.4 is 0 Å². The topological polar surface area (TPSA) is 73.7 Å². The molecule has 0 bridgehead atoms. The molecule has 2 saturated heterocycles. The monoisotopic (exact) mass is 469 g/mol. The lowest BCUT2D eigenvalue weighted by Crippen LogP contribution is -2.48. The van der Waals surface area contributed by atoms with E-state index in [1.165, 1.54) is 18.4 Å². The van der Waals surface area contributed by atoms with Crippen molar-refractivity contribution in [3.05, 3.63) is 52.5 Å². The normalized spacial score (nSPS) is 18.7. The number of aromatic nitrogens is 1. The van der Waals surface area contributed by atoms with Crippen molar-refractivity contribution >= 4 is 23.2 Å². The summed E-state index contributed by atoms with van der Waals surface area (Å²) in [5, 5.41) is 11.1. The van der Waals surface area contributed by atoms with E-state index in [0.29, 0.717) is 5.41 Å². The first-order chi connectivity index (χ1) is 15.2. The molecule has 0 saturated carbocycles. The fourth-order valence-electron chi connectivity index (χ4n) is 4.19. The summed E-state index contributed by atoms with van der Waals surface area (Å²) < 4.78 is 31.7. The van der Waals surface area contributed by atoms with Gasteiger partial charge in [-0.15, -0.1) is 0 Å². The van der Waals surface area contributed by atoms with Crippen molar-refractivity contribution in [2.75, 3.05) is 26.2 Å². The van der Waals surface area contributed by atoms with Gasteiger partial charge in [-0.05, 0) is 67.3 Å². The number of nitrogens with zero attached hydrogens (tertiary/aromatic N) is 3. The van der Waals surface area contributed by atoms with Crippen molar-refractivity contribution in [2.24, 2.45) is 5.41 Å². The first-order valence-corrected chi connectivity index (χ1v) is 11.4. The van der Waals surface area contributed by atoms with E-state index in [0.717, 1.165) is 51.1 Å². The molecule has 2 aromatic heterocycles. The van der Waals surface area contributed by atoms with E-state index in [1.54, 1.807) is 11.3 Å². The van der Waals surface area contributed by atoms with Gasteiger partial charge in [0.15, 0.2) is 0 Å². The second-order valence-corrected chi connectivity index (χ2v) is 9.02. The highest BCUT2D eigenvalue weighted by Crippen LogP contribution is 2.41. The lowest BCUT2D eigenvalue weighted by atomic mass is 9.71. The predicted octanol–water partition coefficient (Wildman–Crippen LogP) is 4.29. The zero-order valence-corrected chi connectivity index (χ0v) is 18.4. The van der Waals surface area contributed by atoms with E-state index >= 15 is 0 Å². The van der Waals surface area contributed by atoms with Crippen molar-refractivity contribution in [1.82, 2.24) is 14.8 Å². The van der Waals surface area contributed by atoms with Crippen LogP contribution in [-0.4, -0.2) is 64.1 Å². The van der Waals surface area contributed by atoms with E-state index < -0.39 is 12.1 Å². The molecule has 0 aliphatic carbocycles. The molecule has 0 unspecified atom stereocenters. The minimum atomic E-state index is -5.08. The van der Waals surface area contributed by atoms with Gasteiger partial charge in [0.25, 0.3) is 5.91 Å². The number of aliphatic carboxylic acids is 1. The second kappa shape index (κ2) is 10.4. The summed E-state index contributed by atoms with van der Waals surface area (Å²) in [5.41, 5.74) is 2.61. The Hall–Kier alpha value is -2.46. The third kappa shape index (κ3) is 6.52. The highest BCUT2D eigenvalue weighted by Gasteiger charge is 2.39. The number of alkyl halides is 3. The standard InChI is InChI=1S/C20H25N3OS.C2HF3O2/c24-19(18-3-13-25-16-18)23-11-6-20(7-12-23)4-9-22(10-5-20)15-17-2-1-8-21-14-17;3-2(4,5)1(6)7/h1-3,8,13-14,16H,4-7,9-12,15H2;(H,6,7). The molecule has 0 atom stereocenters. The quantitative estimate of drug-likeness (QED) is 0.726. The Labute approximate surface area is 188 Å². The first-order valence-electron chi connectivity index (χ1n) is 10.4. The molecule has 2 aliphatic rings. The molecule has 1 amide bonds. The molecule has 2 fully saturated rings. The molecule has 0 radical (unpaired) electrons. The lowest BCUT2D eigenvalue weighted by Gasteiger charge is -2.47. The van der Waals surface area contributed by atoms with Crippen LogP contribution in [0.4, 0.5) is 13.2 Å². The Balaban J connectivity index is 0.000000360. The van der Waals surface area contributed by atoms with Crippen molar-refractivity contribution in [2.45, 2.75) is 38.4 Å². The number of carboxylic acids is 1. The number of likely N-dealkylation sites (tertiary alicyclic amines) is 2. The second-order valence-electron chi connectivity index (χ2n) is 8.24. The number of hydrogen-bond donors (Lipinski definition) is 1. The van der Waals surface area contributed by atoms with Crippen LogP contribution in [0.1, 0.15) is 41.6 Å². The van der Waals surface area contributed by atoms with E-state index in [4.69, 9.17) is 9.90 Å². The fraction of sp³-hybridized carbons (Fsp3) is 0.500. The molecule has 2 aromatic rings. The van der Waals surface area contributed by atoms with Crippen LogP contribution >= 0.6 is 11.3 Å². The molecule has 1 N–H and O–H groups in total. The van der Waals surface area contributed by atoms with Crippen molar-refractivity contribution in [3.63, 3.8) is 0 Å². The molecule has 2 aliphatic heterocycles. The van der Waals surface area contributed by atoms with Crippen LogP contribution in [0.15, 0.2) is 41.4 Å². The minimum Gasteiger partial charge on any atom is -0.475 e. The Bertz CT molecular complexity index is 873.